The first kappa shape index (κ1) is 38.1. The summed E-state index contributed by atoms with van der Waals surface area (Å²) in [4.78, 5) is 11.0. The van der Waals surface area contributed by atoms with Crippen LogP contribution in [0.25, 0.3) is 21.5 Å². The Kier molecular flexibility index (Phi) is 14.9. The molecule has 4 rings (SSSR count). The summed E-state index contributed by atoms with van der Waals surface area (Å²) in [5.41, 5.74) is 0.347. The first-order chi connectivity index (χ1) is 15.8. The number of fused-ring (bicyclic) bond motifs is 2. The standard InChI is InChI=1S/C21H16N2O9S2.4Na/c24-19-9-15(33(27,28)29)7-11-5-13(1-3-17(11)19)22-21(26)23-14-2-4-18-12(6-14)8-16(10-20(18)25)34(30,31)32;;;;/h1-10,24-25H,(H2,22,23,26)(H,27,28,29)(H,30,31,32);;;;/q;4*+1/p-4. The summed E-state index contributed by atoms with van der Waals surface area (Å²) in [5, 5.41) is 29.6. The molecule has 0 aliphatic rings. The molecule has 0 aromatic heterocycles. The summed E-state index contributed by atoms with van der Waals surface area (Å²) in [6.45, 7) is 0. The molecule has 176 valence electrons. The van der Waals surface area contributed by atoms with Gasteiger partial charge in [0.15, 0.2) is 0 Å². The van der Waals surface area contributed by atoms with Gasteiger partial charge in [-0.25, -0.2) is 21.6 Å². The maximum atomic E-state index is 12.4. The second-order valence-corrected chi connectivity index (χ2v) is 9.96. The van der Waals surface area contributed by atoms with Crippen LogP contribution >= 0.6 is 0 Å². The van der Waals surface area contributed by atoms with Crippen molar-refractivity contribution in [1.29, 1.82) is 0 Å². The smallest absolute Gasteiger partial charge is 0.872 e. The van der Waals surface area contributed by atoms with E-state index in [1.165, 1.54) is 36.4 Å². The van der Waals surface area contributed by atoms with Gasteiger partial charge in [0.25, 0.3) is 0 Å². The Balaban J connectivity index is 0.00000342. The van der Waals surface area contributed by atoms with E-state index >= 15 is 0 Å². The number of carbonyl (C=O) groups excluding carboxylic acids is 1. The van der Waals surface area contributed by atoms with Crippen molar-refractivity contribution >= 4 is 59.2 Å². The molecule has 4 aromatic carbocycles. The summed E-state index contributed by atoms with van der Waals surface area (Å²) in [7, 11) is -9.71. The van der Waals surface area contributed by atoms with Gasteiger partial charge in [-0.1, -0.05) is 35.8 Å². The molecule has 0 saturated carbocycles. The Morgan fingerprint density at radius 2 is 0.921 bits per heavy atom. The van der Waals surface area contributed by atoms with Crippen LogP contribution in [-0.4, -0.2) is 32.0 Å². The summed E-state index contributed by atoms with van der Waals surface area (Å²) in [6, 6.07) is 10.8. The van der Waals surface area contributed by atoms with Crippen LogP contribution < -0.4 is 139 Å². The van der Waals surface area contributed by atoms with E-state index in [2.05, 4.69) is 10.6 Å². The third-order valence-corrected chi connectivity index (χ3v) is 6.50. The fourth-order valence-corrected chi connectivity index (χ4v) is 4.40. The number of benzene rings is 4. The number of hydrogen-bond donors (Lipinski definition) is 2. The maximum Gasteiger partial charge on any atom is 1.00 e. The van der Waals surface area contributed by atoms with Crippen LogP contribution in [0.4, 0.5) is 16.2 Å². The molecule has 11 nitrogen and oxygen atoms in total. The number of anilines is 2. The van der Waals surface area contributed by atoms with Gasteiger partial charge in [-0.3, -0.25) is 0 Å². The van der Waals surface area contributed by atoms with E-state index in [9.17, 15) is 40.9 Å². The largest absolute Gasteiger partial charge is 1.00 e. The van der Waals surface area contributed by atoms with Crippen LogP contribution in [0.15, 0.2) is 70.5 Å². The summed E-state index contributed by atoms with van der Waals surface area (Å²) in [5.74, 6) is -1.34. The van der Waals surface area contributed by atoms with E-state index in [-0.39, 0.29) is 151 Å². The first-order valence-electron chi connectivity index (χ1n) is 9.31. The normalized spacial score (nSPS) is 10.8. The molecule has 0 saturated heterocycles. The summed E-state index contributed by atoms with van der Waals surface area (Å²) < 4.78 is 67.4. The van der Waals surface area contributed by atoms with Crippen molar-refractivity contribution in [2.75, 3.05) is 10.6 Å². The molecule has 0 aliphatic carbocycles. The van der Waals surface area contributed by atoms with Crippen LogP contribution in [0.2, 0.25) is 0 Å². The minimum Gasteiger partial charge on any atom is -0.872 e. The molecule has 2 N–H and O–H groups in total. The van der Waals surface area contributed by atoms with Crippen molar-refractivity contribution in [2.24, 2.45) is 0 Å². The molecule has 0 spiro atoms. The Morgan fingerprint density at radius 1 is 0.579 bits per heavy atom. The second-order valence-electron chi connectivity index (χ2n) is 7.20. The molecule has 38 heavy (non-hydrogen) atoms. The van der Waals surface area contributed by atoms with Crippen LogP contribution in [0.5, 0.6) is 11.5 Å². The van der Waals surface area contributed by atoms with Crippen molar-refractivity contribution in [1.82, 2.24) is 0 Å². The monoisotopic (exact) mass is 592 g/mol. The molecule has 0 aliphatic heterocycles. The van der Waals surface area contributed by atoms with Gasteiger partial charge in [-0.15, -0.1) is 0 Å². The number of urea groups is 1. The van der Waals surface area contributed by atoms with Crippen molar-refractivity contribution in [2.45, 2.75) is 9.79 Å². The topological polar surface area (TPSA) is 202 Å². The predicted molar refractivity (Wildman–Crippen MR) is 115 cm³/mol. The first-order valence-corrected chi connectivity index (χ1v) is 12.1. The molecular weight excluding hydrogens is 580 g/mol. The van der Waals surface area contributed by atoms with Gasteiger partial charge in [0.2, 0.25) is 0 Å². The van der Waals surface area contributed by atoms with Crippen LogP contribution in [0, 0.1) is 0 Å². The quantitative estimate of drug-likeness (QED) is 0.170. The van der Waals surface area contributed by atoms with E-state index in [1.54, 1.807) is 0 Å². The molecule has 4 aromatic rings. The van der Waals surface area contributed by atoms with E-state index in [4.69, 9.17) is 0 Å². The van der Waals surface area contributed by atoms with Crippen molar-refractivity contribution in [3.05, 3.63) is 60.7 Å². The summed E-state index contributed by atoms with van der Waals surface area (Å²) >= 11 is 0. The SMILES string of the molecule is O=C(Nc1ccc2c([O-])cc(S(=O)(=O)[O-])cc2c1)Nc1ccc2c([O-])cc(S(=O)(=O)[O-])cc2c1.[Na+].[Na+].[Na+].[Na+]. The molecule has 2 amide bonds. The van der Waals surface area contributed by atoms with Crippen LogP contribution in [0.3, 0.4) is 0 Å². The van der Waals surface area contributed by atoms with Gasteiger partial charge in [0.1, 0.15) is 20.2 Å². The van der Waals surface area contributed by atoms with Crippen molar-refractivity contribution in [3.8, 4) is 11.5 Å². The maximum absolute atomic E-state index is 12.4. The van der Waals surface area contributed by atoms with Gasteiger partial charge in [-0.2, -0.15) is 0 Å². The molecular formula is C21H12N2Na4O9S2. The molecule has 0 unspecified atom stereocenters. The zero-order valence-corrected chi connectivity index (χ0v) is 30.4. The van der Waals surface area contributed by atoms with Crippen molar-refractivity contribution in [3.63, 3.8) is 0 Å². The third-order valence-electron chi connectivity index (χ3n) is 4.87. The van der Waals surface area contributed by atoms with Gasteiger partial charge in [0, 0.05) is 11.4 Å². The molecule has 17 heteroatoms. The minimum atomic E-state index is -4.86. The zero-order chi connectivity index (χ0) is 24.8. The Morgan fingerprint density at radius 3 is 1.24 bits per heavy atom. The average molecular weight is 592 g/mol. The Bertz CT molecular complexity index is 1590. The van der Waals surface area contributed by atoms with Gasteiger partial charge in [-0.05, 0) is 57.9 Å². The molecule has 0 radical (unpaired) electrons. The average Bonchev–Trinajstić information content (AvgIpc) is 2.71. The number of amides is 2. The van der Waals surface area contributed by atoms with E-state index < -0.39 is 47.6 Å². The minimum absolute atomic E-state index is 0. The van der Waals surface area contributed by atoms with E-state index in [0.717, 1.165) is 24.3 Å². The second kappa shape index (κ2) is 14.8. The predicted octanol–water partition coefficient (Wildman–Crippen LogP) is -10.4. The Hall–Kier alpha value is 0.0900. The van der Waals surface area contributed by atoms with Crippen LogP contribution in [-0.2, 0) is 20.2 Å². The Labute approximate surface area is 306 Å². The molecule has 0 fully saturated rings. The number of hydrogen-bond acceptors (Lipinski definition) is 9. The van der Waals surface area contributed by atoms with E-state index in [1.807, 2.05) is 0 Å². The fraction of sp³-hybridized carbons (Fsp3) is 0. The van der Waals surface area contributed by atoms with Gasteiger partial charge >= 0.3 is 124 Å². The zero-order valence-electron chi connectivity index (χ0n) is 20.8. The number of rotatable bonds is 4. The fourth-order valence-electron chi connectivity index (χ4n) is 3.35. The third kappa shape index (κ3) is 9.05. The molecule has 0 bridgehead atoms. The van der Waals surface area contributed by atoms with Gasteiger partial charge in [0.05, 0.1) is 9.79 Å². The van der Waals surface area contributed by atoms with Gasteiger partial charge < -0.3 is 30.0 Å². The summed E-state index contributed by atoms with van der Waals surface area (Å²) in [6.07, 6.45) is 0. The molecule has 0 heterocycles. The molecule has 0 atom stereocenters. The van der Waals surface area contributed by atoms with Crippen LogP contribution in [0.1, 0.15) is 0 Å². The van der Waals surface area contributed by atoms with E-state index in [0.29, 0.717) is 0 Å². The number of nitrogens with one attached hydrogen (secondary N) is 2. The van der Waals surface area contributed by atoms with Crippen molar-refractivity contribution < 1.29 is 159 Å². The number of carbonyl (C=O) groups is 1.